The van der Waals surface area contributed by atoms with Gasteiger partial charge in [0.25, 0.3) is 0 Å². The largest absolute Gasteiger partial charge is 0.299 e. The Hall–Kier alpha value is -1.60. The lowest BCUT2D eigenvalue weighted by Gasteiger charge is -2.24. The Morgan fingerprint density at radius 2 is 1.50 bits per heavy atom. The van der Waals surface area contributed by atoms with E-state index in [9.17, 15) is 0 Å². The molecule has 0 saturated heterocycles. The van der Waals surface area contributed by atoms with Gasteiger partial charge >= 0.3 is 0 Å². The predicted octanol–water partition coefficient (Wildman–Crippen LogP) is 3.75. The fourth-order valence-corrected chi connectivity index (χ4v) is 2.00. The smallest absolute Gasteiger partial charge is 0.0394 e. The molecule has 0 N–H and O–H groups in total. The zero-order chi connectivity index (χ0) is 15.3. The van der Waals surface area contributed by atoms with Crippen molar-refractivity contribution in [1.29, 1.82) is 0 Å². The number of likely N-dealkylation sites (N-methyl/N-ethyl adjacent to an activating group) is 1. The van der Waals surface area contributed by atoms with Crippen LogP contribution in [0.25, 0.3) is 0 Å². The second-order valence-electron chi connectivity index (χ2n) is 4.65. The van der Waals surface area contributed by atoms with Gasteiger partial charge in [-0.25, -0.2) is 0 Å². The van der Waals surface area contributed by atoms with Crippen molar-refractivity contribution in [3.05, 3.63) is 71.8 Å². The molecule has 2 aromatic rings. The van der Waals surface area contributed by atoms with Crippen LogP contribution >= 0.6 is 0 Å². The molecule has 1 heteroatoms. The fourth-order valence-electron chi connectivity index (χ4n) is 2.00. The van der Waals surface area contributed by atoms with Crippen molar-refractivity contribution in [3.8, 4) is 0 Å². The van der Waals surface area contributed by atoms with E-state index in [0.717, 1.165) is 17.5 Å². The van der Waals surface area contributed by atoms with Gasteiger partial charge in [-0.3, -0.25) is 4.90 Å². The molecular formula is C17H21N. The first kappa shape index (κ1) is 9.35. The Bertz CT molecular complexity index is 537. The minimum atomic E-state index is -2.09. The Kier molecular flexibility index (Phi) is 3.30. The van der Waals surface area contributed by atoms with Crippen LogP contribution in [0.1, 0.15) is 22.2 Å². The lowest BCUT2D eigenvalue weighted by molar-refractivity contribution is 0.248. The minimum absolute atomic E-state index is 0.0555. The monoisotopic (exact) mass is 242 g/mol. The molecule has 1 nitrogen and oxygen atoms in total. The first-order valence-electron chi connectivity index (χ1n) is 7.81. The molecule has 0 spiro atoms. The van der Waals surface area contributed by atoms with Crippen LogP contribution in [0.5, 0.6) is 0 Å². The van der Waals surface area contributed by atoms with Crippen molar-refractivity contribution >= 4 is 0 Å². The third kappa shape index (κ3) is 3.71. The molecule has 2 aromatic carbocycles. The molecular weight excluding hydrogens is 218 g/mol. The van der Waals surface area contributed by atoms with E-state index in [1.165, 1.54) is 0 Å². The van der Waals surface area contributed by atoms with E-state index in [-0.39, 0.29) is 6.04 Å². The lowest BCUT2D eigenvalue weighted by atomic mass is 10.1. The number of benzene rings is 2. The summed E-state index contributed by atoms with van der Waals surface area (Å²) in [6, 6.07) is 19.7. The number of rotatable bonds is 5. The summed E-state index contributed by atoms with van der Waals surface area (Å²) < 4.78 is 23.4. The van der Waals surface area contributed by atoms with Crippen molar-refractivity contribution < 1.29 is 4.11 Å². The molecule has 0 aliphatic carbocycles. The molecule has 0 aliphatic heterocycles. The van der Waals surface area contributed by atoms with Gasteiger partial charge < -0.3 is 0 Å². The average Bonchev–Trinajstić information content (AvgIpc) is 2.45. The van der Waals surface area contributed by atoms with Crippen LogP contribution in [0.15, 0.2) is 60.7 Å². The minimum Gasteiger partial charge on any atom is -0.299 e. The summed E-state index contributed by atoms with van der Waals surface area (Å²) in [6.07, 6.45) is 0.728. The summed E-state index contributed by atoms with van der Waals surface area (Å²) in [4.78, 5) is 1.59. The number of nitrogens with zero attached hydrogens (tertiary/aromatic N) is 1. The second-order valence-corrected chi connectivity index (χ2v) is 4.65. The Labute approximate surface area is 114 Å². The van der Waals surface area contributed by atoms with Crippen LogP contribution in [-0.4, -0.2) is 17.9 Å². The molecule has 0 heterocycles. The lowest BCUT2D eigenvalue weighted by Crippen LogP contribution is -2.30. The van der Waals surface area contributed by atoms with Gasteiger partial charge in [-0.2, -0.15) is 0 Å². The predicted molar refractivity (Wildman–Crippen MR) is 77.5 cm³/mol. The zero-order valence-corrected chi connectivity index (χ0v) is 10.7. The van der Waals surface area contributed by atoms with Gasteiger partial charge in [-0.05, 0) is 31.4 Å². The normalized spacial score (nSPS) is 15.8. The van der Waals surface area contributed by atoms with E-state index < -0.39 is 6.98 Å². The molecule has 0 saturated carbocycles. The van der Waals surface area contributed by atoms with E-state index >= 15 is 0 Å². The highest BCUT2D eigenvalue weighted by Gasteiger charge is 2.09. The summed E-state index contributed by atoms with van der Waals surface area (Å²) in [5.41, 5.74) is 2.18. The maximum atomic E-state index is 7.79. The molecule has 0 bridgehead atoms. The maximum absolute atomic E-state index is 7.79. The Morgan fingerprint density at radius 3 is 2.06 bits per heavy atom. The first-order chi connectivity index (χ1) is 9.97. The summed E-state index contributed by atoms with van der Waals surface area (Å²) in [7, 11) is 0. The van der Waals surface area contributed by atoms with Gasteiger partial charge in [0.1, 0.15) is 0 Å². The number of hydrogen-bond acceptors (Lipinski definition) is 1. The van der Waals surface area contributed by atoms with E-state index in [1.807, 2.05) is 67.6 Å². The molecule has 0 aromatic heterocycles. The third-order valence-corrected chi connectivity index (χ3v) is 3.10. The van der Waals surface area contributed by atoms with Crippen molar-refractivity contribution in [2.24, 2.45) is 0 Å². The van der Waals surface area contributed by atoms with Gasteiger partial charge in [0, 0.05) is 16.7 Å². The topological polar surface area (TPSA) is 3.24 Å². The highest BCUT2D eigenvalue weighted by atomic mass is 15.1. The van der Waals surface area contributed by atoms with Crippen LogP contribution in [0, 0.1) is 0 Å². The Morgan fingerprint density at radius 1 is 0.944 bits per heavy atom. The molecule has 2 rings (SSSR count). The summed E-state index contributed by atoms with van der Waals surface area (Å²) >= 11 is 0. The molecule has 0 amide bonds. The van der Waals surface area contributed by atoms with Crippen molar-refractivity contribution in [1.82, 2.24) is 4.90 Å². The standard InChI is InChI=1S/C17H21N/c1-15(13-16-9-5-3-6-10-16)18(2)14-17-11-7-4-8-12-17/h3-12,15H,13-14H2,1-2H3/t15-/m0/s1/i2D3. The third-order valence-electron chi connectivity index (χ3n) is 3.10. The first-order valence-corrected chi connectivity index (χ1v) is 6.31. The van der Waals surface area contributed by atoms with Gasteiger partial charge in [-0.15, -0.1) is 0 Å². The van der Waals surface area contributed by atoms with E-state index in [4.69, 9.17) is 4.11 Å². The van der Waals surface area contributed by atoms with Gasteiger partial charge in [0.05, 0.1) is 0 Å². The molecule has 18 heavy (non-hydrogen) atoms. The molecule has 0 aliphatic rings. The highest BCUT2D eigenvalue weighted by Crippen LogP contribution is 2.10. The maximum Gasteiger partial charge on any atom is 0.0394 e. The van der Waals surface area contributed by atoms with Crippen LogP contribution in [0.4, 0.5) is 0 Å². The van der Waals surface area contributed by atoms with Crippen LogP contribution in [0.2, 0.25) is 0 Å². The Balaban J connectivity index is 2.12. The van der Waals surface area contributed by atoms with E-state index in [0.29, 0.717) is 6.54 Å². The van der Waals surface area contributed by atoms with Gasteiger partial charge in [0.15, 0.2) is 0 Å². The highest BCUT2D eigenvalue weighted by molar-refractivity contribution is 5.17. The van der Waals surface area contributed by atoms with Crippen LogP contribution < -0.4 is 0 Å². The van der Waals surface area contributed by atoms with Crippen LogP contribution in [0.3, 0.4) is 0 Å². The number of hydrogen-bond donors (Lipinski definition) is 0. The van der Waals surface area contributed by atoms with E-state index in [2.05, 4.69) is 0 Å². The SMILES string of the molecule is [2H]C([2H])([2H])N(Cc1ccccc1)[C@@H](C)Cc1ccccc1. The van der Waals surface area contributed by atoms with Crippen molar-refractivity contribution in [2.45, 2.75) is 25.9 Å². The summed E-state index contributed by atoms with van der Waals surface area (Å²) in [5, 5.41) is 0. The second kappa shape index (κ2) is 6.36. The average molecular weight is 242 g/mol. The zero-order valence-electron chi connectivity index (χ0n) is 13.7. The molecule has 0 fully saturated rings. The van der Waals surface area contributed by atoms with Gasteiger partial charge in [-0.1, -0.05) is 60.7 Å². The fraction of sp³-hybridized carbons (Fsp3) is 0.294. The van der Waals surface area contributed by atoms with Crippen molar-refractivity contribution in [2.75, 3.05) is 6.98 Å². The van der Waals surface area contributed by atoms with Crippen molar-refractivity contribution in [3.63, 3.8) is 0 Å². The molecule has 94 valence electrons. The van der Waals surface area contributed by atoms with Crippen LogP contribution in [-0.2, 0) is 13.0 Å². The van der Waals surface area contributed by atoms with E-state index in [1.54, 1.807) is 4.90 Å². The molecule has 1 atom stereocenters. The summed E-state index contributed by atoms with van der Waals surface area (Å²) in [5.74, 6) is 0. The molecule has 0 unspecified atom stereocenters. The molecule has 0 radical (unpaired) electrons. The van der Waals surface area contributed by atoms with Gasteiger partial charge in [0.2, 0.25) is 0 Å². The summed E-state index contributed by atoms with van der Waals surface area (Å²) in [6.45, 7) is 0.317. The quantitative estimate of drug-likeness (QED) is 0.772.